The molecule has 3 N–H and O–H groups in total. The maximum Gasteiger partial charge on any atom is 0.261 e. The fourth-order valence-corrected chi connectivity index (χ4v) is 4.09. The summed E-state index contributed by atoms with van der Waals surface area (Å²) in [7, 11) is -2.43. The quantitative estimate of drug-likeness (QED) is 0.515. The van der Waals surface area contributed by atoms with Crippen LogP contribution >= 0.6 is 0 Å². The van der Waals surface area contributed by atoms with Gasteiger partial charge in [0.2, 0.25) is 0 Å². The summed E-state index contributed by atoms with van der Waals surface area (Å²) in [5.74, 6) is -0.389. The molecule has 0 fully saturated rings. The Labute approximate surface area is 168 Å². The molecule has 2 aromatic carbocycles. The average Bonchev–Trinajstić information content (AvgIpc) is 3.16. The molecule has 8 nitrogen and oxygen atoms in total. The third-order valence-electron chi connectivity index (χ3n) is 4.41. The molecule has 0 aliphatic heterocycles. The molecule has 1 heterocycles. The number of carbonyl (C=O) groups is 1. The lowest BCUT2D eigenvalue weighted by molar-refractivity contribution is 0.0937. The number of hydrogen-bond donors (Lipinski definition) is 3. The molecule has 0 atom stereocenters. The molecule has 0 unspecified atom stereocenters. The van der Waals surface area contributed by atoms with Crippen molar-refractivity contribution in [3.8, 4) is 6.07 Å². The Morgan fingerprint density at radius 3 is 2.79 bits per heavy atom. The number of aromatic nitrogens is 1. The zero-order valence-corrected chi connectivity index (χ0v) is 16.8. The molecule has 9 heteroatoms. The number of aryl methyl sites for hydroxylation is 1. The molecule has 0 spiro atoms. The summed E-state index contributed by atoms with van der Waals surface area (Å²) < 4.78 is 33.2. The van der Waals surface area contributed by atoms with Crippen LogP contribution in [0.3, 0.4) is 0 Å². The lowest BCUT2D eigenvalue weighted by atomic mass is 10.1. The van der Waals surface area contributed by atoms with Gasteiger partial charge in [0, 0.05) is 30.8 Å². The van der Waals surface area contributed by atoms with Gasteiger partial charge in [0.25, 0.3) is 15.9 Å². The van der Waals surface area contributed by atoms with Crippen molar-refractivity contribution in [2.75, 3.05) is 25.0 Å². The van der Waals surface area contributed by atoms with Crippen LogP contribution in [0.4, 0.5) is 5.69 Å². The predicted molar refractivity (Wildman–Crippen MR) is 109 cm³/mol. The van der Waals surface area contributed by atoms with Crippen molar-refractivity contribution in [3.63, 3.8) is 0 Å². The van der Waals surface area contributed by atoms with E-state index >= 15 is 0 Å². The molecular formula is C20H20N4O4S. The highest BCUT2D eigenvalue weighted by Crippen LogP contribution is 2.30. The second-order valence-corrected chi connectivity index (χ2v) is 8.06. The molecule has 0 aliphatic carbocycles. The van der Waals surface area contributed by atoms with Crippen LogP contribution in [0.1, 0.15) is 21.5 Å². The van der Waals surface area contributed by atoms with Crippen molar-refractivity contribution in [2.24, 2.45) is 0 Å². The van der Waals surface area contributed by atoms with E-state index in [0.717, 1.165) is 5.56 Å². The SMILES string of the molecule is COCCNC(=O)c1cccc(S(=O)(=O)Nc2ccc(C)c3c(C#N)c[nH]c23)c1. The Kier molecular flexibility index (Phi) is 5.87. The van der Waals surface area contributed by atoms with E-state index in [-0.39, 0.29) is 16.4 Å². The summed E-state index contributed by atoms with van der Waals surface area (Å²) in [6.45, 7) is 2.52. The van der Waals surface area contributed by atoms with E-state index in [1.807, 2.05) is 6.92 Å². The van der Waals surface area contributed by atoms with Gasteiger partial charge in [-0.2, -0.15) is 5.26 Å². The highest BCUT2D eigenvalue weighted by Gasteiger charge is 2.19. The molecular weight excluding hydrogens is 392 g/mol. The predicted octanol–water partition coefficient (Wildman–Crippen LogP) is 2.52. The number of rotatable bonds is 7. The Hall–Kier alpha value is -3.35. The number of methoxy groups -OCH3 is 1. The smallest absolute Gasteiger partial charge is 0.261 e. The van der Waals surface area contributed by atoms with Gasteiger partial charge >= 0.3 is 0 Å². The third-order valence-corrected chi connectivity index (χ3v) is 5.77. The van der Waals surface area contributed by atoms with E-state index in [1.165, 1.54) is 31.4 Å². The second-order valence-electron chi connectivity index (χ2n) is 6.38. The molecule has 1 amide bonds. The number of H-pyrrole nitrogens is 1. The van der Waals surface area contributed by atoms with Crippen molar-refractivity contribution in [1.82, 2.24) is 10.3 Å². The number of nitriles is 1. The number of nitrogens with zero attached hydrogens (tertiary/aromatic N) is 1. The first-order valence-electron chi connectivity index (χ1n) is 8.78. The largest absolute Gasteiger partial charge is 0.383 e. The molecule has 3 rings (SSSR count). The minimum atomic E-state index is -3.95. The Balaban J connectivity index is 1.91. The molecule has 0 radical (unpaired) electrons. The van der Waals surface area contributed by atoms with Gasteiger partial charge in [-0.3, -0.25) is 9.52 Å². The number of fused-ring (bicyclic) bond motifs is 1. The van der Waals surface area contributed by atoms with E-state index in [0.29, 0.717) is 35.3 Å². The third kappa shape index (κ3) is 4.23. The molecule has 1 aromatic heterocycles. The van der Waals surface area contributed by atoms with Crippen LogP contribution in [0.5, 0.6) is 0 Å². The van der Waals surface area contributed by atoms with E-state index < -0.39 is 10.0 Å². The zero-order chi connectivity index (χ0) is 21.0. The second kappa shape index (κ2) is 8.34. The maximum absolute atomic E-state index is 12.9. The van der Waals surface area contributed by atoms with Crippen molar-refractivity contribution in [1.29, 1.82) is 5.26 Å². The van der Waals surface area contributed by atoms with Crippen molar-refractivity contribution < 1.29 is 17.9 Å². The highest BCUT2D eigenvalue weighted by molar-refractivity contribution is 7.92. The standard InChI is InChI=1S/C20H20N4O4S/c1-13-6-7-17(19-18(13)15(11-21)12-23-19)24-29(26,27)16-5-3-4-14(10-16)20(25)22-8-9-28-2/h3-7,10,12,23-24H,8-9H2,1-2H3,(H,22,25). The first kappa shape index (κ1) is 20.4. The van der Waals surface area contributed by atoms with Crippen LogP contribution in [-0.2, 0) is 14.8 Å². The van der Waals surface area contributed by atoms with Crippen LogP contribution in [0.2, 0.25) is 0 Å². The van der Waals surface area contributed by atoms with Gasteiger partial charge in [0.15, 0.2) is 0 Å². The Bertz CT molecular complexity index is 1210. The van der Waals surface area contributed by atoms with Gasteiger partial charge in [0.1, 0.15) is 6.07 Å². The van der Waals surface area contributed by atoms with Gasteiger partial charge in [-0.05, 0) is 36.8 Å². The number of benzene rings is 2. The average molecular weight is 412 g/mol. The Morgan fingerprint density at radius 2 is 2.07 bits per heavy atom. The molecule has 0 saturated carbocycles. The molecule has 150 valence electrons. The first-order chi connectivity index (χ1) is 13.9. The number of anilines is 1. The minimum Gasteiger partial charge on any atom is -0.383 e. The number of hydrogen-bond acceptors (Lipinski definition) is 5. The van der Waals surface area contributed by atoms with E-state index in [9.17, 15) is 18.5 Å². The van der Waals surface area contributed by atoms with Gasteiger partial charge in [-0.15, -0.1) is 0 Å². The van der Waals surface area contributed by atoms with Crippen molar-refractivity contribution in [3.05, 3.63) is 59.3 Å². The van der Waals surface area contributed by atoms with Crippen LogP contribution < -0.4 is 10.0 Å². The van der Waals surface area contributed by atoms with E-state index in [1.54, 1.807) is 18.3 Å². The van der Waals surface area contributed by atoms with Gasteiger partial charge in [-0.25, -0.2) is 8.42 Å². The van der Waals surface area contributed by atoms with Gasteiger partial charge in [0.05, 0.1) is 28.3 Å². The summed E-state index contributed by atoms with van der Waals surface area (Å²) in [4.78, 5) is 15.1. The van der Waals surface area contributed by atoms with Crippen molar-refractivity contribution >= 4 is 32.5 Å². The van der Waals surface area contributed by atoms with Crippen LogP contribution in [0.25, 0.3) is 10.9 Å². The number of sulfonamides is 1. The highest BCUT2D eigenvalue weighted by atomic mass is 32.2. The summed E-state index contributed by atoms with van der Waals surface area (Å²) in [5, 5.41) is 12.6. The summed E-state index contributed by atoms with van der Waals surface area (Å²) in [6, 6.07) is 11.2. The van der Waals surface area contributed by atoms with Crippen LogP contribution in [0, 0.1) is 18.3 Å². The van der Waals surface area contributed by atoms with Crippen LogP contribution in [0.15, 0.2) is 47.5 Å². The summed E-state index contributed by atoms with van der Waals surface area (Å²) >= 11 is 0. The molecule has 0 aliphatic rings. The number of carbonyl (C=O) groups excluding carboxylic acids is 1. The fourth-order valence-electron chi connectivity index (χ4n) is 2.97. The molecule has 3 aromatic rings. The lowest BCUT2D eigenvalue weighted by Gasteiger charge is -2.11. The Morgan fingerprint density at radius 1 is 1.28 bits per heavy atom. The summed E-state index contributed by atoms with van der Waals surface area (Å²) in [5.41, 5.74) is 2.37. The number of nitrogens with one attached hydrogen (secondary N) is 3. The van der Waals surface area contributed by atoms with Gasteiger partial charge < -0.3 is 15.0 Å². The normalized spacial score (nSPS) is 11.2. The molecule has 0 saturated heterocycles. The monoisotopic (exact) mass is 412 g/mol. The minimum absolute atomic E-state index is 0.0438. The zero-order valence-electron chi connectivity index (χ0n) is 15.9. The van der Waals surface area contributed by atoms with E-state index in [2.05, 4.69) is 21.1 Å². The molecule has 29 heavy (non-hydrogen) atoms. The van der Waals surface area contributed by atoms with Crippen molar-refractivity contribution in [2.45, 2.75) is 11.8 Å². The number of ether oxygens (including phenoxy) is 1. The fraction of sp³-hybridized carbons (Fsp3) is 0.200. The lowest BCUT2D eigenvalue weighted by Crippen LogP contribution is -2.27. The van der Waals surface area contributed by atoms with E-state index in [4.69, 9.17) is 4.74 Å². The number of amides is 1. The number of aromatic amines is 1. The molecule has 0 bridgehead atoms. The topological polar surface area (TPSA) is 124 Å². The van der Waals surface area contributed by atoms with Gasteiger partial charge in [-0.1, -0.05) is 12.1 Å². The summed E-state index contributed by atoms with van der Waals surface area (Å²) in [6.07, 6.45) is 1.54. The van der Waals surface area contributed by atoms with Crippen LogP contribution in [-0.4, -0.2) is 39.6 Å². The maximum atomic E-state index is 12.9. The first-order valence-corrected chi connectivity index (χ1v) is 10.3.